The van der Waals surface area contributed by atoms with Gasteiger partial charge in [-0.2, -0.15) is 0 Å². The lowest BCUT2D eigenvalue weighted by Gasteiger charge is -2.40. The monoisotopic (exact) mass is 445 g/mol. The van der Waals surface area contributed by atoms with Crippen LogP contribution in [-0.2, 0) is 0 Å². The van der Waals surface area contributed by atoms with Gasteiger partial charge in [0.05, 0.1) is 11.0 Å². The highest BCUT2D eigenvalue weighted by molar-refractivity contribution is 5.83. The molecular weight excluding hydrogens is 415 g/mol. The highest BCUT2D eigenvalue weighted by atomic mass is 19.4. The van der Waals surface area contributed by atoms with E-state index in [0.29, 0.717) is 17.6 Å². The highest BCUT2D eigenvalue weighted by Crippen LogP contribution is 2.46. The van der Waals surface area contributed by atoms with Gasteiger partial charge in [-0.05, 0) is 85.9 Å². The van der Waals surface area contributed by atoms with Gasteiger partial charge < -0.3 is 14.6 Å². The SMILES string of the molecule is Cc1cc(C)c2nc(Nc3ccc(OC(F)(F)F)cc3)n([C@H]3C[C@@H](C)CC(C)(C)C3)c2c1. The largest absolute Gasteiger partial charge is 0.573 e. The van der Waals surface area contributed by atoms with Gasteiger partial charge in [0.25, 0.3) is 0 Å². The van der Waals surface area contributed by atoms with Gasteiger partial charge in [0.15, 0.2) is 0 Å². The molecule has 1 aliphatic rings. The van der Waals surface area contributed by atoms with Gasteiger partial charge in [0.2, 0.25) is 5.95 Å². The molecule has 4 rings (SSSR count). The molecule has 0 amide bonds. The number of hydrogen-bond donors (Lipinski definition) is 1. The third-order valence-corrected chi connectivity index (χ3v) is 6.20. The first kappa shape index (κ1) is 22.5. The molecule has 0 saturated heterocycles. The topological polar surface area (TPSA) is 39.1 Å². The van der Waals surface area contributed by atoms with Crippen molar-refractivity contribution in [3.63, 3.8) is 0 Å². The molecule has 32 heavy (non-hydrogen) atoms. The Hall–Kier alpha value is -2.70. The second-order valence-electron chi connectivity index (χ2n) is 10.0. The molecule has 1 N–H and O–H groups in total. The number of nitrogens with one attached hydrogen (secondary N) is 1. The van der Waals surface area contributed by atoms with E-state index in [1.54, 1.807) is 12.1 Å². The first-order chi connectivity index (χ1) is 14.9. The molecule has 3 aromatic rings. The molecule has 0 spiro atoms. The maximum atomic E-state index is 12.5. The summed E-state index contributed by atoms with van der Waals surface area (Å²) in [5.74, 6) is 1.07. The standard InChI is InChI=1S/C25H30F3N3O/c1-15-10-17(3)22-21(12-15)31(19-11-16(2)13-24(4,5)14-19)23(30-22)29-18-6-8-20(9-7-18)32-25(26,27)28/h6-10,12,16,19H,11,13-14H2,1-5H3,(H,29,30)/t16-,19+/m1/s1. The Balaban J connectivity index is 1.74. The summed E-state index contributed by atoms with van der Waals surface area (Å²) in [6.07, 6.45) is -1.40. The molecule has 0 unspecified atom stereocenters. The van der Waals surface area contributed by atoms with Crippen LogP contribution in [0.15, 0.2) is 36.4 Å². The summed E-state index contributed by atoms with van der Waals surface area (Å²) >= 11 is 0. The number of fused-ring (bicyclic) bond motifs is 1. The maximum absolute atomic E-state index is 12.5. The highest BCUT2D eigenvalue weighted by Gasteiger charge is 2.35. The molecule has 0 bridgehead atoms. The predicted octanol–water partition coefficient (Wildman–Crippen LogP) is 7.68. The first-order valence-electron chi connectivity index (χ1n) is 11.0. The fourth-order valence-electron chi connectivity index (χ4n) is 5.36. The van der Waals surface area contributed by atoms with Gasteiger partial charge in [-0.15, -0.1) is 13.2 Å². The average Bonchev–Trinajstić information content (AvgIpc) is 2.98. The summed E-state index contributed by atoms with van der Waals surface area (Å²) in [6, 6.07) is 10.4. The molecule has 2 aromatic carbocycles. The minimum atomic E-state index is -4.71. The predicted molar refractivity (Wildman–Crippen MR) is 121 cm³/mol. The van der Waals surface area contributed by atoms with Crippen LogP contribution in [0.1, 0.15) is 57.2 Å². The number of imidazole rings is 1. The molecule has 0 aliphatic heterocycles. The number of ether oxygens (including phenoxy) is 1. The van der Waals surface area contributed by atoms with Crippen LogP contribution < -0.4 is 10.1 Å². The Bertz CT molecular complexity index is 1120. The van der Waals surface area contributed by atoms with Crippen molar-refractivity contribution in [2.75, 3.05) is 5.32 Å². The zero-order valence-electron chi connectivity index (χ0n) is 19.2. The summed E-state index contributed by atoms with van der Waals surface area (Å²) in [7, 11) is 0. The van der Waals surface area contributed by atoms with Crippen LogP contribution in [0, 0.1) is 25.2 Å². The fourth-order valence-corrected chi connectivity index (χ4v) is 5.36. The lowest BCUT2D eigenvalue weighted by atomic mass is 9.70. The zero-order chi connectivity index (χ0) is 23.3. The quantitative estimate of drug-likeness (QED) is 0.448. The van der Waals surface area contributed by atoms with Crippen molar-refractivity contribution in [2.45, 2.75) is 66.3 Å². The summed E-state index contributed by atoms with van der Waals surface area (Å²) in [6.45, 7) is 11.1. The number of benzene rings is 2. The summed E-state index contributed by atoms with van der Waals surface area (Å²) in [5.41, 5.74) is 5.22. The van der Waals surface area contributed by atoms with Crippen LogP contribution in [0.4, 0.5) is 24.8 Å². The molecule has 2 atom stereocenters. The van der Waals surface area contributed by atoms with Crippen LogP contribution >= 0.6 is 0 Å². The van der Waals surface area contributed by atoms with E-state index in [1.165, 1.54) is 24.1 Å². The van der Waals surface area contributed by atoms with Crippen molar-refractivity contribution in [1.29, 1.82) is 0 Å². The molecule has 1 aromatic heterocycles. The molecule has 4 nitrogen and oxygen atoms in total. The fraction of sp³-hybridized carbons (Fsp3) is 0.480. The third kappa shape index (κ3) is 4.87. The van der Waals surface area contributed by atoms with Gasteiger partial charge >= 0.3 is 6.36 Å². The summed E-state index contributed by atoms with van der Waals surface area (Å²) in [5, 5.41) is 3.35. The van der Waals surface area contributed by atoms with Crippen LogP contribution in [0.2, 0.25) is 0 Å². The van der Waals surface area contributed by atoms with E-state index >= 15 is 0 Å². The normalized spacial score (nSPS) is 21.0. The molecule has 1 aliphatic carbocycles. The molecule has 1 fully saturated rings. The molecular formula is C25H30F3N3O. The van der Waals surface area contributed by atoms with E-state index in [1.807, 2.05) is 0 Å². The van der Waals surface area contributed by atoms with Crippen molar-refractivity contribution >= 4 is 22.7 Å². The van der Waals surface area contributed by atoms with Crippen molar-refractivity contribution in [3.05, 3.63) is 47.5 Å². The summed E-state index contributed by atoms with van der Waals surface area (Å²) < 4.78 is 43.7. The smallest absolute Gasteiger partial charge is 0.406 e. The zero-order valence-corrected chi connectivity index (χ0v) is 19.2. The molecule has 1 saturated carbocycles. The van der Waals surface area contributed by atoms with Crippen molar-refractivity contribution in [1.82, 2.24) is 9.55 Å². The van der Waals surface area contributed by atoms with E-state index in [-0.39, 0.29) is 17.2 Å². The van der Waals surface area contributed by atoms with Crippen LogP contribution in [0.5, 0.6) is 5.75 Å². The lowest BCUT2D eigenvalue weighted by Crippen LogP contribution is -2.29. The number of nitrogens with zero attached hydrogens (tertiary/aromatic N) is 2. The molecule has 172 valence electrons. The number of aryl methyl sites for hydroxylation is 2. The third-order valence-electron chi connectivity index (χ3n) is 6.20. The maximum Gasteiger partial charge on any atom is 0.573 e. The minimum absolute atomic E-state index is 0.228. The van der Waals surface area contributed by atoms with E-state index in [4.69, 9.17) is 4.98 Å². The van der Waals surface area contributed by atoms with E-state index in [2.05, 4.69) is 61.4 Å². The van der Waals surface area contributed by atoms with Crippen LogP contribution in [0.3, 0.4) is 0 Å². The first-order valence-corrected chi connectivity index (χ1v) is 11.0. The minimum Gasteiger partial charge on any atom is -0.406 e. The molecule has 1 heterocycles. The number of rotatable bonds is 4. The number of halogens is 3. The molecule has 0 radical (unpaired) electrons. The van der Waals surface area contributed by atoms with E-state index in [9.17, 15) is 13.2 Å². The van der Waals surface area contributed by atoms with Gasteiger partial charge in [-0.25, -0.2) is 4.98 Å². The Morgan fingerprint density at radius 1 is 1.09 bits per heavy atom. The lowest BCUT2D eigenvalue weighted by molar-refractivity contribution is -0.274. The number of anilines is 2. The summed E-state index contributed by atoms with van der Waals surface area (Å²) in [4.78, 5) is 4.92. The van der Waals surface area contributed by atoms with Gasteiger partial charge in [0, 0.05) is 11.7 Å². The van der Waals surface area contributed by atoms with E-state index < -0.39 is 6.36 Å². The van der Waals surface area contributed by atoms with Crippen molar-refractivity contribution in [2.24, 2.45) is 11.3 Å². The Kier molecular flexibility index (Phi) is 5.63. The second kappa shape index (κ2) is 8.01. The van der Waals surface area contributed by atoms with Crippen LogP contribution in [-0.4, -0.2) is 15.9 Å². The molecule has 7 heteroatoms. The number of aromatic nitrogens is 2. The Morgan fingerprint density at radius 2 is 1.78 bits per heavy atom. The van der Waals surface area contributed by atoms with Crippen molar-refractivity contribution in [3.8, 4) is 5.75 Å². The van der Waals surface area contributed by atoms with Gasteiger partial charge in [-0.3, -0.25) is 0 Å². The van der Waals surface area contributed by atoms with Gasteiger partial charge in [0.1, 0.15) is 5.75 Å². The van der Waals surface area contributed by atoms with Crippen molar-refractivity contribution < 1.29 is 17.9 Å². The van der Waals surface area contributed by atoms with Crippen LogP contribution in [0.25, 0.3) is 11.0 Å². The van der Waals surface area contributed by atoms with E-state index in [0.717, 1.165) is 29.4 Å². The van der Waals surface area contributed by atoms with Gasteiger partial charge in [-0.1, -0.05) is 26.8 Å². The number of alkyl halides is 3. The average molecular weight is 446 g/mol. The second-order valence-corrected chi connectivity index (χ2v) is 10.0. The number of hydrogen-bond acceptors (Lipinski definition) is 3. The Morgan fingerprint density at radius 3 is 2.41 bits per heavy atom. The Labute approximate surface area is 186 Å².